The maximum Gasteiger partial charge on any atom is 0.421 e. The van der Waals surface area contributed by atoms with E-state index in [1.54, 1.807) is 6.07 Å². The number of benzene rings is 1. The summed E-state index contributed by atoms with van der Waals surface area (Å²) in [5.74, 6) is 1.17. The van der Waals surface area contributed by atoms with E-state index in [2.05, 4.69) is 22.6 Å². The van der Waals surface area contributed by atoms with E-state index < -0.39 is 5.76 Å². The summed E-state index contributed by atoms with van der Waals surface area (Å²) in [5.41, 5.74) is 1.29. The van der Waals surface area contributed by atoms with Crippen LogP contribution >= 0.6 is 22.6 Å². The highest BCUT2D eigenvalue weighted by Crippen LogP contribution is 2.27. The third-order valence-corrected chi connectivity index (χ3v) is 5.04. The zero-order valence-corrected chi connectivity index (χ0v) is 16.0. The quantitative estimate of drug-likeness (QED) is 0.345. The van der Waals surface area contributed by atoms with E-state index in [-0.39, 0.29) is 6.73 Å². The van der Waals surface area contributed by atoms with Gasteiger partial charge in [-0.25, -0.2) is 9.36 Å². The lowest BCUT2D eigenvalue weighted by Gasteiger charge is -2.21. The van der Waals surface area contributed by atoms with Crippen molar-refractivity contribution in [2.75, 3.05) is 17.6 Å². The Hall–Kier alpha value is -1.02. The molecule has 1 fully saturated rings. The molecule has 6 heteroatoms. The second-order valence-corrected chi connectivity index (χ2v) is 7.37. The van der Waals surface area contributed by atoms with Gasteiger partial charge in [-0.3, -0.25) is 0 Å². The van der Waals surface area contributed by atoms with Crippen molar-refractivity contribution in [2.45, 2.75) is 45.3 Å². The molecule has 0 aliphatic heterocycles. The molecule has 1 aliphatic carbocycles. The Morgan fingerprint density at radius 2 is 2.04 bits per heavy atom. The molecule has 2 aromatic rings. The third kappa shape index (κ3) is 4.53. The highest BCUT2D eigenvalue weighted by atomic mass is 127. The fraction of sp³-hybridized carbons (Fsp3) is 0.611. The van der Waals surface area contributed by atoms with Crippen LogP contribution in [-0.2, 0) is 11.5 Å². The summed E-state index contributed by atoms with van der Waals surface area (Å²) in [5, 5.41) is 0. The van der Waals surface area contributed by atoms with E-state index in [1.165, 1.54) is 36.7 Å². The second-order valence-electron chi connectivity index (χ2n) is 6.29. The first-order chi connectivity index (χ1) is 11.8. The molecule has 0 saturated heterocycles. The summed E-state index contributed by atoms with van der Waals surface area (Å²) in [7, 11) is 0. The molecule has 132 valence electrons. The van der Waals surface area contributed by atoms with Gasteiger partial charge >= 0.3 is 5.76 Å². The monoisotopic (exact) mass is 445 g/mol. The van der Waals surface area contributed by atoms with Gasteiger partial charge in [0.2, 0.25) is 0 Å². The molecule has 0 atom stereocenters. The number of oxazole rings is 1. The van der Waals surface area contributed by atoms with Crippen molar-refractivity contribution in [3.05, 3.63) is 28.7 Å². The lowest BCUT2D eigenvalue weighted by molar-refractivity contribution is 0.0889. The van der Waals surface area contributed by atoms with Crippen molar-refractivity contribution >= 4 is 33.7 Å². The summed E-state index contributed by atoms with van der Waals surface area (Å²) >= 11 is 2.24. The zero-order valence-electron chi connectivity index (χ0n) is 13.8. The van der Waals surface area contributed by atoms with E-state index in [1.807, 2.05) is 12.1 Å². The van der Waals surface area contributed by atoms with Crippen LogP contribution in [0, 0.1) is 5.92 Å². The topological polar surface area (TPSA) is 53.6 Å². The first kappa shape index (κ1) is 17.8. The maximum atomic E-state index is 11.9. The highest BCUT2D eigenvalue weighted by Gasteiger charge is 2.14. The number of hydrogen-bond acceptors (Lipinski definition) is 4. The second kappa shape index (κ2) is 8.89. The molecule has 3 rings (SSSR count). The minimum atomic E-state index is -0.391. The van der Waals surface area contributed by atoms with E-state index in [0.29, 0.717) is 12.2 Å². The lowest BCUT2D eigenvalue weighted by atomic mass is 9.87. The van der Waals surface area contributed by atoms with Crippen LogP contribution in [0.2, 0.25) is 0 Å². The molecular formula is C18H24INO4. The van der Waals surface area contributed by atoms with Crippen LogP contribution in [0.1, 0.15) is 38.5 Å². The van der Waals surface area contributed by atoms with Gasteiger partial charge in [-0.1, -0.05) is 54.7 Å². The van der Waals surface area contributed by atoms with Crippen LogP contribution in [-0.4, -0.2) is 22.2 Å². The number of nitrogens with zero attached hydrogens (tertiary/aromatic N) is 1. The molecule has 5 nitrogen and oxygen atoms in total. The van der Waals surface area contributed by atoms with Gasteiger partial charge < -0.3 is 13.9 Å². The van der Waals surface area contributed by atoms with Gasteiger partial charge in [0, 0.05) is 10.5 Å². The number of ether oxygens (including phenoxy) is 2. The molecule has 0 radical (unpaired) electrons. The first-order valence-electron chi connectivity index (χ1n) is 8.68. The van der Waals surface area contributed by atoms with Crippen molar-refractivity contribution in [2.24, 2.45) is 5.92 Å². The van der Waals surface area contributed by atoms with E-state index >= 15 is 0 Å². The maximum absolute atomic E-state index is 11.9. The van der Waals surface area contributed by atoms with Gasteiger partial charge in [0.05, 0.1) is 18.7 Å². The number of alkyl halides is 1. The van der Waals surface area contributed by atoms with Crippen molar-refractivity contribution in [1.29, 1.82) is 0 Å². The molecule has 1 aromatic heterocycles. The van der Waals surface area contributed by atoms with E-state index in [0.717, 1.165) is 34.6 Å². The van der Waals surface area contributed by atoms with Gasteiger partial charge in [-0.15, -0.1) is 0 Å². The Morgan fingerprint density at radius 1 is 1.21 bits per heavy atom. The summed E-state index contributed by atoms with van der Waals surface area (Å²) in [4.78, 5) is 11.9. The summed E-state index contributed by atoms with van der Waals surface area (Å²) < 4.78 is 19.0. The smallest absolute Gasteiger partial charge is 0.421 e. The molecule has 1 aromatic carbocycles. The number of hydrogen-bond donors (Lipinski definition) is 0. The van der Waals surface area contributed by atoms with Gasteiger partial charge in [-0.05, 0) is 24.5 Å². The average molecular weight is 445 g/mol. The number of halogens is 1. The predicted octanol–water partition coefficient (Wildman–Crippen LogP) is 4.35. The van der Waals surface area contributed by atoms with Crippen molar-refractivity contribution < 1.29 is 13.9 Å². The van der Waals surface area contributed by atoms with Crippen LogP contribution < -0.4 is 10.5 Å². The van der Waals surface area contributed by atoms with Gasteiger partial charge in [-0.2, -0.15) is 0 Å². The molecule has 24 heavy (non-hydrogen) atoms. The molecule has 0 spiro atoms. The first-order valence-corrected chi connectivity index (χ1v) is 10.2. The molecule has 0 N–H and O–H groups in total. The fourth-order valence-electron chi connectivity index (χ4n) is 3.29. The summed E-state index contributed by atoms with van der Waals surface area (Å²) in [6.45, 7) is 1.55. The van der Waals surface area contributed by atoms with Crippen LogP contribution in [0.25, 0.3) is 11.1 Å². The molecule has 0 bridgehead atoms. The average Bonchev–Trinajstić information content (AvgIpc) is 2.91. The largest absolute Gasteiger partial charge is 0.493 e. The van der Waals surface area contributed by atoms with Crippen LogP contribution in [0.5, 0.6) is 5.75 Å². The standard InChI is InChI=1S/C18H24INO4/c19-9-11-22-13-20-16-7-6-15(12-17(16)24-18(20)21)23-10-8-14-4-2-1-3-5-14/h6-7,12,14H,1-5,8-11,13H2. The Labute approximate surface area is 155 Å². The minimum Gasteiger partial charge on any atom is -0.493 e. The molecule has 1 aliphatic rings. The number of fused-ring (bicyclic) bond motifs is 1. The number of aromatic nitrogens is 1. The van der Waals surface area contributed by atoms with Crippen molar-refractivity contribution in [3.63, 3.8) is 0 Å². The summed E-state index contributed by atoms with van der Waals surface area (Å²) in [6, 6.07) is 5.56. The van der Waals surface area contributed by atoms with Crippen LogP contribution in [0.4, 0.5) is 0 Å². The van der Waals surface area contributed by atoms with Gasteiger partial charge in [0.25, 0.3) is 0 Å². The Bertz CT molecular complexity index is 703. The van der Waals surface area contributed by atoms with E-state index in [4.69, 9.17) is 13.9 Å². The zero-order chi connectivity index (χ0) is 16.8. The molecule has 1 heterocycles. The van der Waals surface area contributed by atoms with E-state index in [9.17, 15) is 4.79 Å². The lowest BCUT2D eigenvalue weighted by Crippen LogP contribution is -2.16. The van der Waals surface area contributed by atoms with Gasteiger partial charge in [0.15, 0.2) is 5.58 Å². The van der Waals surface area contributed by atoms with Crippen molar-refractivity contribution in [3.8, 4) is 5.75 Å². The Morgan fingerprint density at radius 3 is 2.83 bits per heavy atom. The van der Waals surface area contributed by atoms with Crippen molar-refractivity contribution in [1.82, 2.24) is 4.57 Å². The highest BCUT2D eigenvalue weighted by molar-refractivity contribution is 14.1. The molecule has 1 saturated carbocycles. The van der Waals surface area contributed by atoms with Crippen LogP contribution in [0.3, 0.4) is 0 Å². The Balaban J connectivity index is 1.60. The number of rotatable bonds is 8. The SMILES string of the molecule is O=c1oc2cc(OCCC3CCCCC3)ccc2n1COCCI. The minimum absolute atomic E-state index is 0.219. The Kier molecular flexibility index (Phi) is 6.59. The van der Waals surface area contributed by atoms with Crippen LogP contribution in [0.15, 0.2) is 27.4 Å². The fourth-order valence-corrected chi connectivity index (χ4v) is 3.60. The molecular weight excluding hydrogens is 421 g/mol. The third-order valence-electron chi connectivity index (χ3n) is 4.60. The summed E-state index contributed by atoms with van der Waals surface area (Å²) in [6.07, 6.45) is 7.86. The molecule has 0 unspecified atom stereocenters. The van der Waals surface area contributed by atoms with Gasteiger partial charge in [0.1, 0.15) is 12.5 Å². The normalized spacial score (nSPS) is 15.9. The predicted molar refractivity (Wildman–Crippen MR) is 102 cm³/mol. The molecule has 0 amide bonds.